The number of benzene rings is 2. The van der Waals surface area contributed by atoms with Crippen LogP contribution in [0.3, 0.4) is 0 Å². The van der Waals surface area contributed by atoms with Gasteiger partial charge in [-0.05, 0) is 42.7 Å². The highest BCUT2D eigenvalue weighted by molar-refractivity contribution is 5.97. The van der Waals surface area contributed by atoms with E-state index >= 15 is 0 Å². The van der Waals surface area contributed by atoms with Crippen LogP contribution >= 0.6 is 0 Å². The van der Waals surface area contributed by atoms with E-state index in [1.165, 1.54) is 0 Å². The van der Waals surface area contributed by atoms with Gasteiger partial charge in [0, 0.05) is 17.1 Å². The second-order valence-corrected chi connectivity index (χ2v) is 7.34. The zero-order valence-corrected chi connectivity index (χ0v) is 17.3. The van der Waals surface area contributed by atoms with E-state index in [-0.39, 0.29) is 0 Å². The molecule has 5 aromatic rings. The fourth-order valence-electron chi connectivity index (χ4n) is 4.13. The number of hydrazone groups is 1. The van der Waals surface area contributed by atoms with Crippen molar-refractivity contribution in [2.24, 2.45) is 5.10 Å². The SMILES string of the molecule is CCc1c(C)c(C#N)c2nc3ccccc3n2c1N/N=C/c1cccc2cccnc12. The lowest BCUT2D eigenvalue weighted by atomic mass is 10.0. The highest BCUT2D eigenvalue weighted by atomic mass is 15.3. The lowest BCUT2D eigenvalue weighted by molar-refractivity contribution is 1.04. The van der Waals surface area contributed by atoms with Crippen molar-refractivity contribution in [3.8, 4) is 6.07 Å². The third-order valence-electron chi connectivity index (χ3n) is 5.62. The van der Waals surface area contributed by atoms with E-state index < -0.39 is 0 Å². The van der Waals surface area contributed by atoms with Crippen LogP contribution in [0.15, 0.2) is 65.9 Å². The van der Waals surface area contributed by atoms with E-state index in [1.54, 1.807) is 12.4 Å². The Morgan fingerprint density at radius 3 is 2.81 bits per heavy atom. The first-order chi connectivity index (χ1) is 15.2. The van der Waals surface area contributed by atoms with Gasteiger partial charge in [-0.15, -0.1) is 0 Å². The minimum Gasteiger partial charge on any atom is -0.276 e. The highest BCUT2D eigenvalue weighted by Crippen LogP contribution is 2.31. The Hall–Kier alpha value is -4.24. The average molecular weight is 404 g/mol. The van der Waals surface area contributed by atoms with Crippen molar-refractivity contribution in [2.75, 3.05) is 5.43 Å². The Bertz CT molecular complexity index is 1520. The molecule has 0 radical (unpaired) electrons. The van der Waals surface area contributed by atoms with Gasteiger partial charge in [-0.1, -0.05) is 43.3 Å². The summed E-state index contributed by atoms with van der Waals surface area (Å²) in [6.07, 6.45) is 4.33. The number of hydrogen-bond donors (Lipinski definition) is 1. The lowest BCUT2D eigenvalue weighted by Crippen LogP contribution is -2.07. The van der Waals surface area contributed by atoms with Crippen LogP contribution in [0.5, 0.6) is 0 Å². The van der Waals surface area contributed by atoms with Gasteiger partial charge in [0.15, 0.2) is 5.65 Å². The Morgan fingerprint density at radius 1 is 1.13 bits per heavy atom. The molecule has 0 unspecified atom stereocenters. The topological polar surface area (TPSA) is 78.4 Å². The molecule has 2 aromatic carbocycles. The summed E-state index contributed by atoms with van der Waals surface area (Å²) >= 11 is 0. The van der Waals surface area contributed by atoms with E-state index in [2.05, 4.69) is 28.5 Å². The van der Waals surface area contributed by atoms with Crippen LogP contribution in [0.25, 0.3) is 27.6 Å². The van der Waals surface area contributed by atoms with Crippen LogP contribution in [0.1, 0.15) is 29.2 Å². The number of imidazole rings is 1. The molecule has 0 saturated heterocycles. The third-order valence-corrected chi connectivity index (χ3v) is 5.62. The second-order valence-electron chi connectivity index (χ2n) is 7.34. The first-order valence-electron chi connectivity index (χ1n) is 10.2. The number of fused-ring (bicyclic) bond motifs is 4. The molecule has 1 N–H and O–H groups in total. The Morgan fingerprint density at radius 2 is 1.97 bits per heavy atom. The molecule has 0 saturated carbocycles. The molecule has 31 heavy (non-hydrogen) atoms. The highest BCUT2D eigenvalue weighted by Gasteiger charge is 2.19. The number of para-hydroxylation sites is 3. The molecule has 0 spiro atoms. The predicted molar refractivity (Wildman–Crippen MR) is 124 cm³/mol. The van der Waals surface area contributed by atoms with Crippen molar-refractivity contribution >= 4 is 39.6 Å². The first-order valence-corrected chi connectivity index (χ1v) is 10.2. The largest absolute Gasteiger partial charge is 0.276 e. The number of anilines is 1. The van der Waals surface area contributed by atoms with Crippen LogP contribution < -0.4 is 5.43 Å². The number of nitriles is 1. The van der Waals surface area contributed by atoms with E-state index in [0.29, 0.717) is 11.2 Å². The number of aromatic nitrogens is 3. The zero-order valence-electron chi connectivity index (χ0n) is 17.3. The van der Waals surface area contributed by atoms with Gasteiger partial charge in [0.05, 0.1) is 28.3 Å². The van der Waals surface area contributed by atoms with Crippen LogP contribution in [0.2, 0.25) is 0 Å². The van der Waals surface area contributed by atoms with Crippen LogP contribution in [-0.4, -0.2) is 20.6 Å². The molecule has 150 valence electrons. The Balaban J connectivity index is 1.69. The van der Waals surface area contributed by atoms with Crippen LogP contribution in [0.4, 0.5) is 5.82 Å². The van der Waals surface area contributed by atoms with Gasteiger partial charge < -0.3 is 0 Å². The maximum absolute atomic E-state index is 9.82. The molecule has 6 heteroatoms. The van der Waals surface area contributed by atoms with Crippen LogP contribution in [-0.2, 0) is 6.42 Å². The molecule has 0 aliphatic heterocycles. The molecule has 0 aliphatic rings. The van der Waals surface area contributed by atoms with E-state index in [4.69, 9.17) is 4.98 Å². The van der Waals surface area contributed by atoms with Crippen molar-refractivity contribution in [3.63, 3.8) is 0 Å². The molecule has 3 aromatic heterocycles. The maximum Gasteiger partial charge on any atom is 0.157 e. The number of nitrogens with zero attached hydrogens (tertiary/aromatic N) is 5. The van der Waals surface area contributed by atoms with E-state index in [1.807, 2.05) is 65.9 Å². The molecule has 0 bridgehead atoms. The minimum atomic E-state index is 0.598. The van der Waals surface area contributed by atoms with Gasteiger partial charge in [-0.2, -0.15) is 10.4 Å². The standard InChI is InChI=1S/C25H20N6/c1-3-19-16(2)20(14-26)24-29-21-11-4-5-12-22(21)31(24)25(19)30-28-15-18-9-6-8-17-10-7-13-27-23(17)18/h4-13,15,30H,3H2,1-2H3/b28-15+. The predicted octanol–water partition coefficient (Wildman–Crippen LogP) is 5.22. The molecule has 0 amide bonds. The Kier molecular flexibility index (Phi) is 4.57. The lowest BCUT2D eigenvalue weighted by Gasteiger charge is -2.15. The summed E-state index contributed by atoms with van der Waals surface area (Å²) in [5.41, 5.74) is 10.1. The quantitative estimate of drug-likeness (QED) is 0.329. The summed E-state index contributed by atoms with van der Waals surface area (Å²) in [4.78, 5) is 9.22. The zero-order chi connectivity index (χ0) is 21.4. The van der Waals surface area contributed by atoms with Crippen molar-refractivity contribution < 1.29 is 0 Å². The van der Waals surface area contributed by atoms with Gasteiger partial charge in [-0.3, -0.25) is 14.8 Å². The molecule has 0 atom stereocenters. The Labute approximate surface area is 179 Å². The minimum absolute atomic E-state index is 0.598. The number of pyridine rings is 2. The van der Waals surface area contributed by atoms with Gasteiger partial charge in [-0.25, -0.2) is 4.98 Å². The smallest absolute Gasteiger partial charge is 0.157 e. The average Bonchev–Trinajstić information content (AvgIpc) is 3.18. The van der Waals surface area contributed by atoms with Crippen molar-refractivity contribution in [1.29, 1.82) is 5.26 Å². The van der Waals surface area contributed by atoms with Crippen molar-refractivity contribution in [1.82, 2.24) is 14.4 Å². The van der Waals surface area contributed by atoms with Crippen molar-refractivity contribution in [3.05, 3.63) is 83.0 Å². The second kappa shape index (κ2) is 7.54. The maximum atomic E-state index is 9.82. The summed E-state index contributed by atoms with van der Waals surface area (Å²) < 4.78 is 2.00. The summed E-state index contributed by atoms with van der Waals surface area (Å²) in [5, 5.41) is 15.4. The van der Waals surface area contributed by atoms with Gasteiger partial charge >= 0.3 is 0 Å². The fourth-order valence-corrected chi connectivity index (χ4v) is 4.13. The summed E-state index contributed by atoms with van der Waals surface area (Å²) in [6, 6.07) is 20.2. The number of nitrogens with one attached hydrogen (secondary N) is 1. The monoisotopic (exact) mass is 404 g/mol. The molecule has 6 nitrogen and oxygen atoms in total. The summed E-state index contributed by atoms with van der Waals surface area (Å²) in [7, 11) is 0. The normalized spacial score (nSPS) is 11.5. The number of hydrogen-bond acceptors (Lipinski definition) is 5. The molecule has 0 aliphatic carbocycles. The molecular formula is C25H20N6. The van der Waals surface area contributed by atoms with Crippen LogP contribution in [0, 0.1) is 18.3 Å². The fraction of sp³-hybridized carbons (Fsp3) is 0.120. The molecular weight excluding hydrogens is 384 g/mol. The van der Waals surface area contributed by atoms with Crippen molar-refractivity contribution in [2.45, 2.75) is 20.3 Å². The summed E-state index contributed by atoms with van der Waals surface area (Å²) in [5.74, 6) is 0.826. The summed E-state index contributed by atoms with van der Waals surface area (Å²) in [6.45, 7) is 4.05. The van der Waals surface area contributed by atoms with Gasteiger partial charge in [0.1, 0.15) is 11.9 Å². The van der Waals surface area contributed by atoms with Gasteiger partial charge in [0.2, 0.25) is 0 Å². The van der Waals surface area contributed by atoms with E-state index in [0.717, 1.165) is 50.9 Å². The molecule has 5 rings (SSSR count). The molecule has 0 fully saturated rings. The van der Waals surface area contributed by atoms with E-state index in [9.17, 15) is 5.26 Å². The number of rotatable bonds is 4. The third kappa shape index (κ3) is 2.99. The molecule has 3 heterocycles. The van der Waals surface area contributed by atoms with Gasteiger partial charge in [0.25, 0.3) is 0 Å². The first kappa shape index (κ1) is 18.8.